The summed E-state index contributed by atoms with van der Waals surface area (Å²) >= 11 is 0. The predicted molar refractivity (Wildman–Crippen MR) is 95.0 cm³/mol. The fourth-order valence-corrected chi connectivity index (χ4v) is 4.33. The van der Waals surface area contributed by atoms with Gasteiger partial charge in [0.15, 0.2) is 6.35 Å². The number of ether oxygens (including phenoxy) is 3. The molecule has 1 saturated carbocycles. The van der Waals surface area contributed by atoms with Crippen molar-refractivity contribution in [3.8, 4) is 0 Å². The lowest BCUT2D eigenvalue weighted by Crippen LogP contribution is -2.62. The molecule has 2 atom stereocenters. The summed E-state index contributed by atoms with van der Waals surface area (Å²) in [5, 5.41) is 0. The van der Waals surface area contributed by atoms with E-state index in [1.54, 1.807) is 7.11 Å². The van der Waals surface area contributed by atoms with Crippen LogP contribution in [0.25, 0.3) is 0 Å². The van der Waals surface area contributed by atoms with Crippen LogP contribution in [-0.4, -0.2) is 74.2 Å². The van der Waals surface area contributed by atoms with Crippen molar-refractivity contribution in [1.29, 1.82) is 0 Å². The summed E-state index contributed by atoms with van der Waals surface area (Å²) in [5.74, 6) is 0.0372. The summed E-state index contributed by atoms with van der Waals surface area (Å²) in [7, 11) is 1.78. The van der Waals surface area contributed by atoms with Gasteiger partial charge in [-0.25, -0.2) is 0 Å². The van der Waals surface area contributed by atoms with Crippen LogP contribution in [0.4, 0.5) is 0 Å². The number of hydrogen-bond acceptors (Lipinski definition) is 6. The molecule has 25 heavy (non-hydrogen) atoms. The van der Waals surface area contributed by atoms with Crippen molar-refractivity contribution >= 4 is 5.97 Å². The Bertz CT molecular complexity index is 420. The molecule has 3 fully saturated rings. The van der Waals surface area contributed by atoms with Crippen molar-refractivity contribution in [3.05, 3.63) is 0 Å². The number of rotatable bonds is 8. The first-order chi connectivity index (χ1) is 12.2. The summed E-state index contributed by atoms with van der Waals surface area (Å²) in [6, 6.07) is 0.478. The molecule has 0 amide bonds. The average molecular weight is 354 g/mol. The molecule has 0 bridgehead atoms. The van der Waals surface area contributed by atoms with Crippen molar-refractivity contribution < 1.29 is 19.0 Å². The maximum atomic E-state index is 11.9. The third kappa shape index (κ3) is 4.73. The van der Waals surface area contributed by atoms with Gasteiger partial charge in [0.2, 0.25) is 0 Å². The number of nitrogens with zero attached hydrogens (tertiary/aromatic N) is 2. The number of likely N-dealkylation sites (tertiary alicyclic amines) is 2. The van der Waals surface area contributed by atoms with Gasteiger partial charge >= 0.3 is 5.97 Å². The Kier molecular flexibility index (Phi) is 7.10. The molecule has 144 valence electrons. The molecule has 3 aliphatic rings. The standard InChI is InChI=1S/C19H34N2O4/c1-3-24-18(22)15-6-8-17(9-7-15)25-19(20-11-4-5-12-20)21-13-10-16(21)14-23-2/h15-17,19H,3-14H2,1-2H3/t15?,16-,17?,19?/m0/s1. The second kappa shape index (κ2) is 9.31. The number of esters is 1. The van der Waals surface area contributed by atoms with Gasteiger partial charge in [0.05, 0.1) is 25.2 Å². The monoisotopic (exact) mass is 354 g/mol. The molecule has 0 aromatic rings. The van der Waals surface area contributed by atoms with Crippen molar-refractivity contribution in [1.82, 2.24) is 9.80 Å². The van der Waals surface area contributed by atoms with E-state index in [1.165, 1.54) is 19.3 Å². The first-order valence-corrected chi connectivity index (χ1v) is 10.0. The zero-order valence-electron chi connectivity index (χ0n) is 15.8. The molecule has 1 aliphatic carbocycles. The molecule has 1 unspecified atom stereocenters. The average Bonchev–Trinajstić information content (AvgIpc) is 3.13. The molecular weight excluding hydrogens is 320 g/mol. The summed E-state index contributed by atoms with van der Waals surface area (Å²) in [6.07, 6.45) is 7.73. The van der Waals surface area contributed by atoms with E-state index in [9.17, 15) is 4.79 Å². The highest BCUT2D eigenvalue weighted by Crippen LogP contribution is 2.32. The fraction of sp³-hybridized carbons (Fsp3) is 0.947. The van der Waals surface area contributed by atoms with Crippen LogP contribution in [0.5, 0.6) is 0 Å². The largest absolute Gasteiger partial charge is 0.466 e. The minimum Gasteiger partial charge on any atom is -0.466 e. The highest BCUT2D eigenvalue weighted by molar-refractivity contribution is 5.72. The Balaban J connectivity index is 1.53. The molecule has 6 nitrogen and oxygen atoms in total. The minimum absolute atomic E-state index is 0.0278. The molecular formula is C19H34N2O4. The zero-order valence-corrected chi connectivity index (χ0v) is 15.8. The molecule has 0 aromatic heterocycles. The second-order valence-corrected chi connectivity index (χ2v) is 7.57. The lowest BCUT2D eigenvalue weighted by atomic mass is 9.87. The van der Waals surface area contributed by atoms with E-state index in [0.29, 0.717) is 12.6 Å². The topological polar surface area (TPSA) is 51.2 Å². The third-order valence-corrected chi connectivity index (χ3v) is 5.89. The van der Waals surface area contributed by atoms with E-state index in [1.807, 2.05) is 6.92 Å². The normalized spacial score (nSPS) is 32.3. The van der Waals surface area contributed by atoms with E-state index in [-0.39, 0.29) is 24.3 Å². The fourth-order valence-electron chi connectivity index (χ4n) is 4.33. The van der Waals surface area contributed by atoms with Crippen LogP contribution in [0.1, 0.15) is 51.9 Å². The molecule has 3 rings (SSSR count). The summed E-state index contributed by atoms with van der Waals surface area (Å²) in [6.45, 7) is 6.47. The summed E-state index contributed by atoms with van der Waals surface area (Å²) in [4.78, 5) is 16.9. The van der Waals surface area contributed by atoms with E-state index >= 15 is 0 Å². The molecule has 0 N–H and O–H groups in total. The first-order valence-electron chi connectivity index (χ1n) is 10.0. The lowest BCUT2D eigenvalue weighted by molar-refractivity contribution is -0.220. The SMILES string of the molecule is CCOC(=O)C1CCC(OC(N2CCCC2)N2CC[C@H]2COC)CC1. The Morgan fingerprint density at radius 1 is 1.08 bits per heavy atom. The van der Waals surface area contributed by atoms with Crippen LogP contribution in [0.3, 0.4) is 0 Å². The van der Waals surface area contributed by atoms with Crippen molar-refractivity contribution in [3.63, 3.8) is 0 Å². The van der Waals surface area contributed by atoms with Crippen LogP contribution < -0.4 is 0 Å². The maximum absolute atomic E-state index is 11.9. The molecule has 2 saturated heterocycles. The van der Waals surface area contributed by atoms with Crippen LogP contribution in [0.2, 0.25) is 0 Å². The van der Waals surface area contributed by atoms with Gasteiger partial charge in [0.1, 0.15) is 0 Å². The minimum atomic E-state index is -0.0278. The number of methoxy groups -OCH3 is 1. The zero-order chi connectivity index (χ0) is 17.6. The van der Waals surface area contributed by atoms with Crippen LogP contribution >= 0.6 is 0 Å². The molecule has 0 radical (unpaired) electrons. The van der Waals surface area contributed by atoms with E-state index in [0.717, 1.165) is 51.9 Å². The number of carbonyl (C=O) groups is 1. The maximum Gasteiger partial charge on any atom is 0.308 e. The van der Waals surface area contributed by atoms with Crippen molar-refractivity contribution in [2.24, 2.45) is 5.92 Å². The highest BCUT2D eigenvalue weighted by atomic mass is 16.5. The molecule has 0 spiro atoms. The first kappa shape index (κ1) is 19.1. The highest BCUT2D eigenvalue weighted by Gasteiger charge is 2.40. The second-order valence-electron chi connectivity index (χ2n) is 7.57. The van der Waals surface area contributed by atoms with Gasteiger partial charge in [-0.15, -0.1) is 0 Å². The van der Waals surface area contributed by atoms with Gasteiger partial charge in [0.25, 0.3) is 0 Å². The van der Waals surface area contributed by atoms with Gasteiger partial charge in [-0.05, 0) is 51.9 Å². The van der Waals surface area contributed by atoms with Gasteiger partial charge in [0, 0.05) is 32.8 Å². The molecule has 2 aliphatic heterocycles. The predicted octanol–water partition coefficient (Wildman–Crippen LogP) is 2.23. The Morgan fingerprint density at radius 2 is 1.80 bits per heavy atom. The number of carbonyl (C=O) groups excluding carboxylic acids is 1. The van der Waals surface area contributed by atoms with Gasteiger partial charge in [-0.3, -0.25) is 14.6 Å². The van der Waals surface area contributed by atoms with E-state index < -0.39 is 0 Å². The lowest BCUT2D eigenvalue weighted by Gasteiger charge is -2.49. The summed E-state index contributed by atoms with van der Waals surface area (Å²) in [5.41, 5.74) is 0. The Hall–Kier alpha value is -0.690. The van der Waals surface area contributed by atoms with Gasteiger partial charge in [-0.1, -0.05) is 0 Å². The molecule has 6 heteroatoms. The van der Waals surface area contributed by atoms with Crippen LogP contribution in [-0.2, 0) is 19.0 Å². The van der Waals surface area contributed by atoms with Gasteiger partial charge in [-0.2, -0.15) is 0 Å². The van der Waals surface area contributed by atoms with Gasteiger partial charge < -0.3 is 14.2 Å². The van der Waals surface area contributed by atoms with Crippen molar-refractivity contribution in [2.75, 3.05) is 40.0 Å². The molecule has 2 heterocycles. The number of hydrogen-bond donors (Lipinski definition) is 0. The van der Waals surface area contributed by atoms with E-state index in [4.69, 9.17) is 14.2 Å². The molecule has 0 aromatic carbocycles. The smallest absolute Gasteiger partial charge is 0.308 e. The summed E-state index contributed by atoms with van der Waals surface area (Å²) < 4.78 is 17.1. The third-order valence-electron chi connectivity index (χ3n) is 5.89. The van der Waals surface area contributed by atoms with Crippen molar-refractivity contribution in [2.45, 2.75) is 70.4 Å². The quantitative estimate of drug-likeness (QED) is 0.623. The Labute approximate surface area is 151 Å². The Morgan fingerprint density at radius 3 is 2.36 bits per heavy atom. The van der Waals surface area contributed by atoms with E-state index in [2.05, 4.69) is 9.80 Å². The van der Waals surface area contributed by atoms with Crippen LogP contribution in [0.15, 0.2) is 0 Å². The van der Waals surface area contributed by atoms with Crippen LogP contribution in [0, 0.1) is 5.92 Å².